The summed E-state index contributed by atoms with van der Waals surface area (Å²) in [5, 5.41) is 9.61. The standard InChI is InChI=1S/C18H19NO5S/c1-2-24-14-8-10-15(11-9-14)25(22,23)19-18(17(20)21)12-16(18)13-6-4-3-5-7-13/h3-11,16,19H,2,12H2,1H3,(H,20,21). The second-order valence-electron chi connectivity index (χ2n) is 5.95. The second kappa shape index (κ2) is 6.50. The molecular formula is C18H19NO5S. The third kappa shape index (κ3) is 3.38. The minimum absolute atomic E-state index is 0.00953. The molecule has 132 valence electrons. The number of ether oxygens (including phenoxy) is 1. The van der Waals surface area contributed by atoms with Crippen LogP contribution in [0.4, 0.5) is 0 Å². The molecule has 0 spiro atoms. The Morgan fingerprint density at radius 3 is 2.40 bits per heavy atom. The zero-order chi connectivity index (χ0) is 18.1. The number of hydrogen-bond acceptors (Lipinski definition) is 4. The average molecular weight is 361 g/mol. The first-order valence-electron chi connectivity index (χ1n) is 7.94. The minimum atomic E-state index is -3.96. The van der Waals surface area contributed by atoms with Crippen molar-refractivity contribution in [1.29, 1.82) is 0 Å². The van der Waals surface area contributed by atoms with E-state index in [1.54, 1.807) is 36.4 Å². The van der Waals surface area contributed by atoms with E-state index in [-0.39, 0.29) is 17.2 Å². The van der Waals surface area contributed by atoms with Crippen LogP contribution in [0, 0.1) is 0 Å². The van der Waals surface area contributed by atoms with Crippen molar-refractivity contribution >= 4 is 16.0 Å². The fourth-order valence-corrected chi connectivity index (χ4v) is 4.33. The highest BCUT2D eigenvalue weighted by Crippen LogP contribution is 2.52. The fourth-order valence-electron chi connectivity index (χ4n) is 2.92. The quantitative estimate of drug-likeness (QED) is 0.790. The molecule has 2 unspecified atom stereocenters. The maximum absolute atomic E-state index is 12.6. The average Bonchev–Trinajstić information content (AvgIpc) is 3.31. The summed E-state index contributed by atoms with van der Waals surface area (Å²) in [5.41, 5.74) is -0.696. The van der Waals surface area contributed by atoms with E-state index in [2.05, 4.69) is 4.72 Å². The Morgan fingerprint density at radius 1 is 1.20 bits per heavy atom. The van der Waals surface area contributed by atoms with Crippen molar-refractivity contribution in [2.45, 2.75) is 29.7 Å². The van der Waals surface area contributed by atoms with Crippen molar-refractivity contribution in [3.05, 3.63) is 60.2 Å². The summed E-state index contributed by atoms with van der Waals surface area (Å²) in [5.74, 6) is -0.998. The van der Waals surface area contributed by atoms with Gasteiger partial charge in [0.1, 0.15) is 11.3 Å². The molecule has 1 aliphatic carbocycles. The Morgan fingerprint density at radius 2 is 1.84 bits per heavy atom. The monoisotopic (exact) mass is 361 g/mol. The van der Waals surface area contributed by atoms with E-state index in [0.29, 0.717) is 12.4 Å². The van der Waals surface area contributed by atoms with Gasteiger partial charge >= 0.3 is 5.97 Å². The Kier molecular flexibility index (Phi) is 4.53. The van der Waals surface area contributed by atoms with E-state index in [4.69, 9.17) is 4.74 Å². The molecule has 1 fully saturated rings. The number of rotatable bonds is 7. The van der Waals surface area contributed by atoms with Crippen LogP contribution in [0.2, 0.25) is 0 Å². The van der Waals surface area contributed by atoms with Gasteiger partial charge in [0.05, 0.1) is 11.5 Å². The maximum Gasteiger partial charge on any atom is 0.325 e. The summed E-state index contributed by atoms with van der Waals surface area (Å²) >= 11 is 0. The molecule has 0 heterocycles. The summed E-state index contributed by atoms with van der Waals surface area (Å²) < 4.78 is 32.9. The highest BCUT2D eigenvalue weighted by atomic mass is 32.2. The van der Waals surface area contributed by atoms with Gasteiger partial charge in [-0.15, -0.1) is 0 Å². The van der Waals surface area contributed by atoms with E-state index in [1.165, 1.54) is 12.1 Å². The van der Waals surface area contributed by atoms with Gasteiger partial charge in [0.25, 0.3) is 0 Å². The van der Waals surface area contributed by atoms with Crippen molar-refractivity contribution < 1.29 is 23.1 Å². The summed E-state index contributed by atoms with van der Waals surface area (Å²) in [6.07, 6.45) is 0.225. The first-order chi connectivity index (χ1) is 11.9. The molecular weight excluding hydrogens is 342 g/mol. The molecule has 7 heteroatoms. The smallest absolute Gasteiger partial charge is 0.325 e. The predicted molar refractivity (Wildman–Crippen MR) is 92.1 cm³/mol. The second-order valence-corrected chi connectivity index (χ2v) is 7.64. The van der Waals surface area contributed by atoms with Crippen molar-refractivity contribution in [3.8, 4) is 5.75 Å². The molecule has 0 aliphatic heterocycles. The van der Waals surface area contributed by atoms with Crippen molar-refractivity contribution in [2.24, 2.45) is 0 Å². The molecule has 25 heavy (non-hydrogen) atoms. The largest absolute Gasteiger partial charge is 0.494 e. The van der Waals surface area contributed by atoms with Crippen LogP contribution < -0.4 is 9.46 Å². The molecule has 0 aromatic heterocycles. The van der Waals surface area contributed by atoms with Crippen LogP contribution in [0.5, 0.6) is 5.75 Å². The third-order valence-corrected chi connectivity index (χ3v) is 5.83. The molecule has 0 radical (unpaired) electrons. The van der Waals surface area contributed by atoms with Crippen LogP contribution in [0.25, 0.3) is 0 Å². The Labute approximate surface area is 146 Å². The normalized spacial score (nSPS) is 22.4. The van der Waals surface area contributed by atoms with Crippen LogP contribution in [0.1, 0.15) is 24.8 Å². The zero-order valence-electron chi connectivity index (χ0n) is 13.7. The van der Waals surface area contributed by atoms with Gasteiger partial charge < -0.3 is 9.84 Å². The summed E-state index contributed by atoms with van der Waals surface area (Å²) in [4.78, 5) is 11.8. The lowest BCUT2D eigenvalue weighted by atomic mass is 10.1. The van der Waals surface area contributed by atoms with Gasteiger partial charge in [0, 0.05) is 5.92 Å². The first-order valence-corrected chi connectivity index (χ1v) is 9.42. The Bertz CT molecular complexity index is 864. The van der Waals surface area contributed by atoms with Crippen LogP contribution in [-0.4, -0.2) is 31.6 Å². The van der Waals surface area contributed by atoms with E-state index < -0.39 is 21.5 Å². The first kappa shape index (κ1) is 17.4. The van der Waals surface area contributed by atoms with Gasteiger partial charge in [-0.2, -0.15) is 4.72 Å². The summed E-state index contributed by atoms with van der Waals surface area (Å²) in [6.45, 7) is 2.31. The van der Waals surface area contributed by atoms with Gasteiger partial charge in [-0.1, -0.05) is 30.3 Å². The predicted octanol–water partition coefficient (Wildman–Crippen LogP) is 2.37. The SMILES string of the molecule is CCOc1ccc(S(=O)(=O)NC2(C(=O)O)CC2c2ccccc2)cc1. The lowest BCUT2D eigenvalue weighted by Gasteiger charge is -2.16. The molecule has 2 aromatic carbocycles. The third-order valence-electron chi connectivity index (χ3n) is 4.31. The van der Waals surface area contributed by atoms with Crippen LogP contribution in [-0.2, 0) is 14.8 Å². The van der Waals surface area contributed by atoms with Gasteiger partial charge in [0.2, 0.25) is 10.0 Å². The summed E-state index contributed by atoms with van der Waals surface area (Å²) in [6, 6.07) is 15.0. The number of aliphatic carboxylic acids is 1. The molecule has 2 aromatic rings. The molecule has 2 atom stereocenters. The van der Waals surface area contributed by atoms with E-state index in [0.717, 1.165) is 5.56 Å². The molecule has 3 rings (SSSR count). The van der Waals surface area contributed by atoms with Crippen molar-refractivity contribution in [3.63, 3.8) is 0 Å². The van der Waals surface area contributed by atoms with Gasteiger partial charge in [-0.05, 0) is 43.2 Å². The van der Waals surface area contributed by atoms with Gasteiger partial charge in [0.15, 0.2) is 0 Å². The topological polar surface area (TPSA) is 92.7 Å². The van der Waals surface area contributed by atoms with Crippen LogP contribution in [0.3, 0.4) is 0 Å². The number of hydrogen-bond donors (Lipinski definition) is 2. The lowest BCUT2D eigenvalue weighted by Crippen LogP contribution is -2.44. The van der Waals surface area contributed by atoms with E-state index in [1.807, 2.05) is 13.0 Å². The van der Waals surface area contributed by atoms with E-state index >= 15 is 0 Å². The number of sulfonamides is 1. The van der Waals surface area contributed by atoms with Crippen LogP contribution >= 0.6 is 0 Å². The number of carbonyl (C=O) groups is 1. The maximum atomic E-state index is 12.6. The minimum Gasteiger partial charge on any atom is -0.494 e. The van der Waals surface area contributed by atoms with Crippen molar-refractivity contribution in [1.82, 2.24) is 4.72 Å². The molecule has 1 saturated carbocycles. The molecule has 0 bridgehead atoms. The molecule has 0 saturated heterocycles. The van der Waals surface area contributed by atoms with E-state index in [9.17, 15) is 18.3 Å². The van der Waals surface area contributed by atoms with Crippen molar-refractivity contribution in [2.75, 3.05) is 6.61 Å². The molecule has 6 nitrogen and oxygen atoms in total. The zero-order valence-corrected chi connectivity index (χ0v) is 14.5. The lowest BCUT2D eigenvalue weighted by molar-refractivity contribution is -0.140. The molecule has 1 aliphatic rings. The number of nitrogens with one attached hydrogen (secondary N) is 1. The van der Waals surface area contributed by atoms with Gasteiger partial charge in [-0.3, -0.25) is 4.79 Å². The highest BCUT2D eigenvalue weighted by Gasteiger charge is 2.63. The molecule has 0 amide bonds. The number of carboxylic acids is 1. The number of benzene rings is 2. The highest BCUT2D eigenvalue weighted by molar-refractivity contribution is 7.89. The van der Waals surface area contributed by atoms with Gasteiger partial charge in [-0.25, -0.2) is 8.42 Å². The Balaban J connectivity index is 1.84. The fraction of sp³-hybridized carbons (Fsp3) is 0.278. The summed E-state index contributed by atoms with van der Waals surface area (Å²) in [7, 11) is -3.96. The molecule has 2 N–H and O–H groups in total. The Hall–Kier alpha value is -2.38. The number of carboxylic acid groups (broad SMARTS) is 1. The van der Waals surface area contributed by atoms with Crippen LogP contribution in [0.15, 0.2) is 59.5 Å².